The Hall–Kier alpha value is -1.43. The van der Waals surface area contributed by atoms with Crippen molar-refractivity contribution in [3.8, 4) is 0 Å². The molecule has 1 rings (SSSR count). The summed E-state index contributed by atoms with van der Waals surface area (Å²) in [4.78, 5) is 15.4. The molecule has 0 saturated carbocycles. The molecule has 1 aromatic rings. The van der Waals surface area contributed by atoms with Crippen molar-refractivity contribution in [2.75, 3.05) is 6.54 Å². The molecule has 0 bridgehead atoms. The zero-order chi connectivity index (χ0) is 12.0. The maximum absolute atomic E-state index is 11.6. The molecule has 0 radical (unpaired) electrons. The van der Waals surface area contributed by atoms with Crippen LogP contribution in [0.15, 0.2) is 10.9 Å². The van der Waals surface area contributed by atoms with Gasteiger partial charge in [-0.05, 0) is 5.92 Å². The van der Waals surface area contributed by atoms with E-state index in [0.29, 0.717) is 18.8 Å². The predicted octanol–water partition coefficient (Wildman–Crippen LogP) is 0.102. The molecule has 0 aliphatic rings. The van der Waals surface area contributed by atoms with E-state index in [-0.39, 0.29) is 11.8 Å². The molecule has 1 amide bonds. The van der Waals surface area contributed by atoms with Crippen LogP contribution in [-0.2, 0) is 11.2 Å². The Balaban J connectivity index is 2.24. The molecule has 2 atom stereocenters. The number of carbonyl (C=O) groups is 1. The molecule has 0 spiro atoms. The maximum atomic E-state index is 11.6. The first-order valence-electron chi connectivity index (χ1n) is 5.43. The van der Waals surface area contributed by atoms with E-state index >= 15 is 0 Å². The molecule has 16 heavy (non-hydrogen) atoms. The number of nitrogens with zero attached hydrogens (tertiary/aromatic N) is 2. The number of carbonyl (C=O) groups excluding carboxylic acids is 1. The van der Waals surface area contributed by atoms with Gasteiger partial charge >= 0.3 is 0 Å². The van der Waals surface area contributed by atoms with Crippen molar-refractivity contribution in [2.45, 2.75) is 32.7 Å². The third-order valence-electron chi connectivity index (χ3n) is 2.61. The number of aromatic nitrogens is 2. The number of hydrogen-bond acceptors (Lipinski definition) is 5. The van der Waals surface area contributed by atoms with Gasteiger partial charge in [-0.3, -0.25) is 4.79 Å². The molecular formula is C10H18N4O2. The summed E-state index contributed by atoms with van der Waals surface area (Å²) in [5, 5.41) is 6.39. The molecule has 1 heterocycles. The van der Waals surface area contributed by atoms with Crippen LogP contribution in [-0.4, -0.2) is 28.6 Å². The Morgan fingerprint density at radius 2 is 2.44 bits per heavy atom. The first kappa shape index (κ1) is 12.6. The standard InChI is InChI=1S/C10H18N4O2/c1-3-7(2)9(11)10(15)12-5-4-8-13-6-16-14-8/h6-7,9H,3-5,11H2,1-2H3,(H,12,15)/t7-,9-/m0/s1. The lowest BCUT2D eigenvalue weighted by Crippen LogP contribution is -2.45. The molecule has 0 unspecified atom stereocenters. The van der Waals surface area contributed by atoms with Gasteiger partial charge < -0.3 is 15.6 Å². The third-order valence-corrected chi connectivity index (χ3v) is 2.61. The summed E-state index contributed by atoms with van der Waals surface area (Å²) in [7, 11) is 0. The van der Waals surface area contributed by atoms with Gasteiger partial charge in [0.25, 0.3) is 0 Å². The number of nitrogens with one attached hydrogen (secondary N) is 1. The number of nitrogens with two attached hydrogens (primary N) is 1. The fraction of sp³-hybridized carbons (Fsp3) is 0.700. The Labute approximate surface area is 94.6 Å². The summed E-state index contributed by atoms with van der Waals surface area (Å²) >= 11 is 0. The van der Waals surface area contributed by atoms with Crippen LogP contribution in [0.1, 0.15) is 26.1 Å². The largest absolute Gasteiger partial charge is 0.354 e. The molecule has 90 valence electrons. The van der Waals surface area contributed by atoms with Gasteiger partial charge in [0, 0.05) is 13.0 Å². The highest BCUT2D eigenvalue weighted by Crippen LogP contribution is 2.04. The van der Waals surface area contributed by atoms with E-state index in [0.717, 1.165) is 6.42 Å². The van der Waals surface area contributed by atoms with Crippen LogP contribution in [0.5, 0.6) is 0 Å². The zero-order valence-corrected chi connectivity index (χ0v) is 9.64. The minimum Gasteiger partial charge on any atom is -0.354 e. The Morgan fingerprint density at radius 3 is 3.00 bits per heavy atom. The second-order valence-electron chi connectivity index (χ2n) is 3.80. The highest BCUT2D eigenvalue weighted by Gasteiger charge is 2.18. The van der Waals surface area contributed by atoms with E-state index in [1.54, 1.807) is 0 Å². The van der Waals surface area contributed by atoms with Crippen LogP contribution in [0.25, 0.3) is 0 Å². The molecule has 0 aromatic carbocycles. The van der Waals surface area contributed by atoms with Crippen LogP contribution in [0.2, 0.25) is 0 Å². The van der Waals surface area contributed by atoms with Gasteiger partial charge in [0.05, 0.1) is 6.04 Å². The molecule has 0 aliphatic heterocycles. The summed E-state index contributed by atoms with van der Waals surface area (Å²) < 4.78 is 4.58. The topological polar surface area (TPSA) is 94.0 Å². The minimum atomic E-state index is -0.449. The second-order valence-corrected chi connectivity index (χ2v) is 3.80. The van der Waals surface area contributed by atoms with Gasteiger partial charge in [0.2, 0.25) is 12.3 Å². The van der Waals surface area contributed by atoms with Gasteiger partial charge in [-0.2, -0.15) is 4.98 Å². The molecule has 1 aromatic heterocycles. The van der Waals surface area contributed by atoms with Gasteiger partial charge in [0.1, 0.15) is 0 Å². The van der Waals surface area contributed by atoms with Crippen molar-refractivity contribution in [1.82, 2.24) is 15.5 Å². The lowest BCUT2D eigenvalue weighted by Gasteiger charge is -2.17. The van der Waals surface area contributed by atoms with Gasteiger partial charge in [0.15, 0.2) is 5.82 Å². The molecular weight excluding hydrogens is 208 g/mol. The van der Waals surface area contributed by atoms with E-state index in [1.807, 2.05) is 13.8 Å². The van der Waals surface area contributed by atoms with E-state index in [4.69, 9.17) is 5.73 Å². The minimum absolute atomic E-state index is 0.127. The first-order valence-corrected chi connectivity index (χ1v) is 5.43. The highest BCUT2D eigenvalue weighted by molar-refractivity contribution is 5.81. The van der Waals surface area contributed by atoms with E-state index in [9.17, 15) is 4.79 Å². The molecule has 6 heteroatoms. The molecule has 0 aliphatic carbocycles. The summed E-state index contributed by atoms with van der Waals surface area (Å²) in [6.07, 6.45) is 2.71. The molecule has 0 fully saturated rings. The number of amides is 1. The van der Waals surface area contributed by atoms with E-state index in [1.165, 1.54) is 6.39 Å². The first-order chi connectivity index (χ1) is 7.65. The van der Waals surface area contributed by atoms with Crippen molar-refractivity contribution >= 4 is 5.91 Å². The van der Waals surface area contributed by atoms with Crippen LogP contribution in [0.4, 0.5) is 0 Å². The van der Waals surface area contributed by atoms with Crippen LogP contribution >= 0.6 is 0 Å². The fourth-order valence-electron chi connectivity index (χ4n) is 1.23. The smallest absolute Gasteiger partial charge is 0.237 e. The van der Waals surface area contributed by atoms with Crippen LogP contribution in [0.3, 0.4) is 0 Å². The summed E-state index contributed by atoms with van der Waals surface area (Å²) in [5.41, 5.74) is 5.77. The average Bonchev–Trinajstić information content (AvgIpc) is 2.79. The number of hydrogen-bond donors (Lipinski definition) is 2. The van der Waals surface area contributed by atoms with Gasteiger partial charge in [-0.25, -0.2) is 0 Å². The summed E-state index contributed by atoms with van der Waals surface area (Å²) in [6.45, 7) is 4.45. The van der Waals surface area contributed by atoms with Crippen LogP contribution in [0, 0.1) is 5.92 Å². The second kappa shape index (κ2) is 6.22. The number of rotatable bonds is 6. The summed E-state index contributed by atoms with van der Waals surface area (Å²) in [5.74, 6) is 0.639. The van der Waals surface area contributed by atoms with Crippen molar-refractivity contribution < 1.29 is 9.32 Å². The fourth-order valence-corrected chi connectivity index (χ4v) is 1.23. The van der Waals surface area contributed by atoms with E-state index < -0.39 is 6.04 Å². The zero-order valence-electron chi connectivity index (χ0n) is 9.64. The Morgan fingerprint density at radius 1 is 1.69 bits per heavy atom. The van der Waals surface area contributed by atoms with Crippen molar-refractivity contribution in [3.63, 3.8) is 0 Å². The maximum Gasteiger partial charge on any atom is 0.237 e. The lowest BCUT2D eigenvalue weighted by atomic mass is 9.99. The monoisotopic (exact) mass is 226 g/mol. The van der Waals surface area contributed by atoms with Crippen LogP contribution < -0.4 is 11.1 Å². The normalized spacial score (nSPS) is 14.4. The average molecular weight is 226 g/mol. The third kappa shape index (κ3) is 3.62. The van der Waals surface area contributed by atoms with Crippen molar-refractivity contribution in [2.24, 2.45) is 11.7 Å². The molecule has 0 saturated heterocycles. The molecule has 6 nitrogen and oxygen atoms in total. The van der Waals surface area contributed by atoms with Crippen molar-refractivity contribution in [3.05, 3.63) is 12.2 Å². The molecule has 3 N–H and O–H groups in total. The summed E-state index contributed by atoms with van der Waals surface area (Å²) in [6, 6.07) is -0.449. The lowest BCUT2D eigenvalue weighted by molar-refractivity contribution is -0.123. The SMILES string of the molecule is CC[C@H](C)[C@H](N)C(=O)NCCc1ncon1. The Bertz CT molecular complexity index is 313. The van der Waals surface area contributed by atoms with Crippen molar-refractivity contribution in [1.29, 1.82) is 0 Å². The Kier molecular flexibility index (Phi) is 4.91. The van der Waals surface area contributed by atoms with E-state index in [2.05, 4.69) is 20.0 Å². The van der Waals surface area contributed by atoms with Gasteiger partial charge in [-0.1, -0.05) is 25.4 Å². The van der Waals surface area contributed by atoms with Gasteiger partial charge in [-0.15, -0.1) is 0 Å². The quantitative estimate of drug-likeness (QED) is 0.717. The predicted molar refractivity (Wildman–Crippen MR) is 58.4 cm³/mol. The highest BCUT2D eigenvalue weighted by atomic mass is 16.5.